The molecule has 2 unspecified atom stereocenters. The van der Waals surface area contributed by atoms with E-state index in [1.54, 1.807) is 0 Å². The molecule has 0 bridgehead atoms. The van der Waals surface area contributed by atoms with Gasteiger partial charge in [0.15, 0.2) is 0 Å². The van der Waals surface area contributed by atoms with E-state index in [-0.39, 0.29) is 0 Å². The zero-order valence-corrected chi connectivity index (χ0v) is 11.7. The van der Waals surface area contributed by atoms with Crippen molar-refractivity contribution in [1.29, 1.82) is 0 Å². The summed E-state index contributed by atoms with van der Waals surface area (Å²) in [6.07, 6.45) is 1.42. The molecular formula is C13H22N2OS. The van der Waals surface area contributed by atoms with E-state index in [1.807, 2.05) is 11.3 Å². The number of aryl methyl sites for hydroxylation is 1. The van der Waals surface area contributed by atoms with Crippen LogP contribution in [0.3, 0.4) is 0 Å². The van der Waals surface area contributed by atoms with Crippen molar-refractivity contribution in [2.24, 2.45) is 0 Å². The highest BCUT2D eigenvalue weighted by Crippen LogP contribution is 2.31. The highest BCUT2D eigenvalue weighted by atomic mass is 32.1. The highest BCUT2D eigenvalue weighted by molar-refractivity contribution is 7.10. The second-order valence-electron chi connectivity index (χ2n) is 4.88. The lowest BCUT2D eigenvalue weighted by Crippen LogP contribution is -2.40. The van der Waals surface area contributed by atoms with E-state index < -0.39 is 0 Å². The minimum absolute atomic E-state index is 0.345. The van der Waals surface area contributed by atoms with Gasteiger partial charge in [0.25, 0.3) is 0 Å². The van der Waals surface area contributed by atoms with Gasteiger partial charge in [-0.2, -0.15) is 0 Å². The summed E-state index contributed by atoms with van der Waals surface area (Å²) in [6, 6.07) is 2.68. The molecule has 1 fully saturated rings. The van der Waals surface area contributed by atoms with Gasteiger partial charge in [0, 0.05) is 24.0 Å². The molecule has 1 saturated heterocycles. The predicted octanol–water partition coefficient (Wildman–Crippen LogP) is 2.04. The van der Waals surface area contributed by atoms with Gasteiger partial charge >= 0.3 is 0 Å². The van der Waals surface area contributed by atoms with Crippen LogP contribution in [0.5, 0.6) is 0 Å². The molecule has 17 heavy (non-hydrogen) atoms. The third-order valence-corrected chi connectivity index (χ3v) is 4.44. The van der Waals surface area contributed by atoms with Crippen LogP contribution in [0, 0.1) is 6.92 Å². The second-order valence-corrected chi connectivity index (χ2v) is 5.83. The standard InChI is InChI=1S/C13H22N2OS/c1-10-4-7-17-13(10)12(15(2)3)8-11-9-14-5-6-16-11/h4,7,11-12,14H,5-6,8-9H2,1-3H3. The Bertz CT molecular complexity index is 345. The van der Waals surface area contributed by atoms with Gasteiger partial charge in [-0.05, 0) is 44.4 Å². The van der Waals surface area contributed by atoms with Crippen molar-refractivity contribution in [3.05, 3.63) is 21.9 Å². The first-order chi connectivity index (χ1) is 8.18. The Morgan fingerprint density at radius 2 is 2.41 bits per heavy atom. The minimum Gasteiger partial charge on any atom is -0.376 e. The molecule has 96 valence electrons. The fraction of sp³-hybridized carbons (Fsp3) is 0.692. The number of morpholine rings is 1. The van der Waals surface area contributed by atoms with Gasteiger partial charge in [0.05, 0.1) is 12.7 Å². The van der Waals surface area contributed by atoms with Crippen molar-refractivity contribution in [3.63, 3.8) is 0 Å². The fourth-order valence-corrected chi connectivity index (χ4v) is 3.44. The minimum atomic E-state index is 0.345. The van der Waals surface area contributed by atoms with Gasteiger partial charge in [-0.15, -0.1) is 11.3 Å². The summed E-state index contributed by atoms with van der Waals surface area (Å²) >= 11 is 1.86. The molecule has 0 radical (unpaired) electrons. The van der Waals surface area contributed by atoms with Crippen LogP contribution in [0.4, 0.5) is 0 Å². The van der Waals surface area contributed by atoms with Gasteiger partial charge in [-0.3, -0.25) is 0 Å². The van der Waals surface area contributed by atoms with E-state index >= 15 is 0 Å². The van der Waals surface area contributed by atoms with Crippen LogP contribution in [0.2, 0.25) is 0 Å². The lowest BCUT2D eigenvalue weighted by molar-refractivity contribution is 0.00927. The normalized spacial score (nSPS) is 22.9. The molecule has 2 heterocycles. The second kappa shape index (κ2) is 5.96. The highest BCUT2D eigenvalue weighted by Gasteiger charge is 2.24. The summed E-state index contributed by atoms with van der Waals surface area (Å²) in [5.41, 5.74) is 1.40. The molecule has 0 saturated carbocycles. The van der Waals surface area contributed by atoms with E-state index in [1.165, 1.54) is 10.4 Å². The summed E-state index contributed by atoms with van der Waals surface area (Å²) in [4.78, 5) is 3.78. The molecular weight excluding hydrogens is 232 g/mol. The van der Waals surface area contributed by atoms with E-state index in [4.69, 9.17) is 4.74 Å². The lowest BCUT2D eigenvalue weighted by atomic mass is 10.0. The molecule has 2 atom stereocenters. The van der Waals surface area contributed by atoms with Gasteiger partial charge < -0.3 is 15.0 Å². The Kier molecular flexibility index (Phi) is 4.56. The summed E-state index contributed by atoms with van der Waals surface area (Å²) in [5, 5.41) is 5.58. The number of nitrogens with one attached hydrogen (secondary N) is 1. The number of thiophene rings is 1. The van der Waals surface area contributed by atoms with Crippen LogP contribution in [0.15, 0.2) is 11.4 Å². The van der Waals surface area contributed by atoms with Crippen LogP contribution in [-0.2, 0) is 4.74 Å². The monoisotopic (exact) mass is 254 g/mol. The summed E-state index contributed by atoms with van der Waals surface area (Å²) in [6.45, 7) is 5.01. The van der Waals surface area contributed by atoms with Crippen LogP contribution in [0.1, 0.15) is 22.9 Å². The number of hydrogen-bond acceptors (Lipinski definition) is 4. The molecule has 0 aliphatic carbocycles. The first kappa shape index (κ1) is 13.0. The van der Waals surface area contributed by atoms with Crippen molar-refractivity contribution in [3.8, 4) is 0 Å². The maximum absolute atomic E-state index is 5.81. The number of nitrogens with zero attached hydrogens (tertiary/aromatic N) is 1. The SMILES string of the molecule is Cc1ccsc1C(CC1CNCCO1)N(C)C. The molecule has 3 nitrogen and oxygen atoms in total. The zero-order chi connectivity index (χ0) is 12.3. The van der Waals surface area contributed by atoms with Crippen LogP contribution < -0.4 is 5.32 Å². The quantitative estimate of drug-likeness (QED) is 0.890. The topological polar surface area (TPSA) is 24.5 Å². The maximum Gasteiger partial charge on any atom is 0.0718 e. The Morgan fingerprint density at radius 3 is 2.94 bits per heavy atom. The zero-order valence-electron chi connectivity index (χ0n) is 10.9. The third kappa shape index (κ3) is 3.28. The largest absolute Gasteiger partial charge is 0.376 e. The molecule has 1 aliphatic rings. The van der Waals surface area contributed by atoms with Crippen molar-refractivity contribution >= 4 is 11.3 Å². The van der Waals surface area contributed by atoms with Crippen molar-refractivity contribution in [2.75, 3.05) is 33.8 Å². The number of rotatable bonds is 4. The molecule has 2 rings (SSSR count). The molecule has 1 N–H and O–H groups in total. The maximum atomic E-state index is 5.81. The Morgan fingerprint density at radius 1 is 1.59 bits per heavy atom. The van der Waals surface area contributed by atoms with Crippen LogP contribution >= 0.6 is 11.3 Å². The average Bonchev–Trinajstić information content (AvgIpc) is 2.73. The fourth-order valence-electron chi connectivity index (χ4n) is 2.30. The first-order valence-corrected chi connectivity index (χ1v) is 7.09. The Hall–Kier alpha value is -0.420. The Labute approximate surface area is 108 Å². The van der Waals surface area contributed by atoms with Gasteiger partial charge in [0.2, 0.25) is 0 Å². The van der Waals surface area contributed by atoms with Crippen molar-refractivity contribution in [1.82, 2.24) is 10.2 Å². The molecule has 0 amide bonds. The Balaban J connectivity index is 2.05. The van der Waals surface area contributed by atoms with Gasteiger partial charge in [0.1, 0.15) is 0 Å². The molecule has 1 aliphatic heterocycles. The van der Waals surface area contributed by atoms with Crippen molar-refractivity contribution in [2.45, 2.75) is 25.5 Å². The molecule has 0 aromatic carbocycles. The smallest absolute Gasteiger partial charge is 0.0718 e. The summed E-state index contributed by atoms with van der Waals surface area (Å²) in [7, 11) is 4.31. The third-order valence-electron chi connectivity index (χ3n) is 3.32. The van der Waals surface area contributed by atoms with Crippen LogP contribution in [0.25, 0.3) is 0 Å². The van der Waals surface area contributed by atoms with E-state index in [0.717, 1.165) is 26.1 Å². The molecule has 4 heteroatoms. The van der Waals surface area contributed by atoms with Gasteiger partial charge in [-0.25, -0.2) is 0 Å². The average molecular weight is 254 g/mol. The predicted molar refractivity (Wildman–Crippen MR) is 72.7 cm³/mol. The lowest BCUT2D eigenvalue weighted by Gasteiger charge is -2.31. The van der Waals surface area contributed by atoms with Crippen molar-refractivity contribution < 1.29 is 4.74 Å². The van der Waals surface area contributed by atoms with E-state index in [9.17, 15) is 0 Å². The van der Waals surface area contributed by atoms with E-state index in [0.29, 0.717) is 12.1 Å². The van der Waals surface area contributed by atoms with E-state index in [2.05, 4.69) is 42.7 Å². The number of ether oxygens (including phenoxy) is 1. The summed E-state index contributed by atoms with van der Waals surface area (Å²) < 4.78 is 5.81. The number of hydrogen-bond donors (Lipinski definition) is 1. The molecule has 0 spiro atoms. The van der Waals surface area contributed by atoms with Gasteiger partial charge in [-0.1, -0.05) is 0 Å². The molecule has 1 aromatic heterocycles. The van der Waals surface area contributed by atoms with Crippen LogP contribution in [-0.4, -0.2) is 44.8 Å². The first-order valence-electron chi connectivity index (χ1n) is 6.21. The molecule has 1 aromatic rings. The summed E-state index contributed by atoms with van der Waals surface area (Å²) in [5.74, 6) is 0.